The van der Waals surface area contributed by atoms with Crippen LogP contribution in [0, 0.1) is 0 Å². The van der Waals surface area contributed by atoms with Crippen LogP contribution in [0.2, 0.25) is 0 Å². The molecular formula is C48H30N4. The number of rotatable bonds is 5. The van der Waals surface area contributed by atoms with Crippen molar-refractivity contribution in [1.29, 1.82) is 0 Å². The molecule has 0 bridgehead atoms. The highest BCUT2D eigenvalue weighted by molar-refractivity contribution is 6.04. The highest BCUT2D eigenvalue weighted by Crippen LogP contribution is 2.32. The number of hydrogen-bond acceptors (Lipinski definition) is 4. The molecule has 242 valence electrons. The zero-order valence-electron chi connectivity index (χ0n) is 28.1. The number of aromatic nitrogens is 4. The summed E-state index contributed by atoms with van der Waals surface area (Å²) in [5.41, 5.74) is 14.0. The average Bonchev–Trinajstić information content (AvgIpc) is 3.23. The van der Waals surface area contributed by atoms with Gasteiger partial charge in [-0.05, 0) is 59.7 Å². The SMILES string of the molecule is c1ccc(-c2ccc3ccc(-c4ccc5nc(-c6cccc(-c7ccc8ccc9ccc(-c%10ccccc%10)nc9c8n7)c6)ccc5c4)cc3n2)cc1. The van der Waals surface area contributed by atoms with E-state index in [2.05, 4.69) is 146 Å². The van der Waals surface area contributed by atoms with E-state index in [4.69, 9.17) is 19.9 Å². The van der Waals surface area contributed by atoms with E-state index in [9.17, 15) is 0 Å². The van der Waals surface area contributed by atoms with E-state index >= 15 is 0 Å². The Morgan fingerprint density at radius 2 is 0.673 bits per heavy atom. The lowest BCUT2D eigenvalue weighted by Gasteiger charge is -2.10. The van der Waals surface area contributed by atoms with Crippen molar-refractivity contribution in [2.24, 2.45) is 0 Å². The van der Waals surface area contributed by atoms with Crippen molar-refractivity contribution in [1.82, 2.24) is 19.9 Å². The van der Waals surface area contributed by atoms with Gasteiger partial charge in [0.2, 0.25) is 0 Å². The molecule has 0 aliphatic carbocycles. The van der Waals surface area contributed by atoms with E-state index in [1.165, 1.54) is 0 Å². The van der Waals surface area contributed by atoms with Crippen LogP contribution in [0.25, 0.3) is 99.8 Å². The number of nitrogens with zero attached hydrogens (tertiary/aromatic N) is 4. The fraction of sp³-hybridized carbons (Fsp3) is 0. The molecule has 0 saturated carbocycles. The molecule has 4 nitrogen and oxygen atoms in total. The second-order valence-electron chi connectivity index (χ2n) is 13.1. The largest absolute Gasteiger partial charge is 0.248 e. The van der Waals surface area contributed by atoms with E-state index in [0.717, 1.165) is 99.8 Å². The Morgan fingerprint density at radius 1 is 0.231 bits per heavy atom. The third-order valence-corrected chi connectivity index (χ3v) is 9.83. The molecule has 4 aromatic heterocycles. The van der Waals surface area contributed by atoms with Crippen LogP contribution in [-0.4, -0.2) is 19.9 Å². The van der Waals surface area contributed by atoms with Gasteiger partial charge >= 0.3 is 0 Å². The maximum atomic E-state index is 5.18. The van der Waals surface area contributed by atoms with Gasteiger partial charge in [0, 0.05) is 43.8 Å². The zero-order chi connectivity index (χ0) is 34.4. The highest BCUT2D eigenvalue weighted by Gasteiger charge is 2.11. The van der Waals surface area contributed by atoms with E-state index in [-0.39, 0.29) is 0 Å². The molecule has 0 radical (unpaired) electrons. The molecule has 0 aliphatic heterocycles. The van der Waals surface area contributed by atoms with Gasteiger partial charge in [-0.15, -0.1) is 0 Å². The fourth-order valence-electron chi connectivity index (χ4n) is 7.07. The van der Waals surface area contributed by atoms with Gasteiger partial charge in [0.05, 0.1) is 44.8 Å². The first-order valence-corrected chi connectivity index (χ1v) is 17.5. The molecule has 0 atom stereocenters. The molecule has 0 aliphatic rings. The van der Waals surface area contributed by atoms with Gasteiger partial charge in [0.25, 0.3) is 0 Å². The summed E-state index contributed by atoms with van der Waals surface area (Å²) in [4.78, 5) is 20.4. The van der Waals surface area contributed by atoms with Crippen LogP contribution in [0.15, 0.2) is 182 Å². The molecule has 10 rings (SSSR count). The number of fused-ring (bicyclic) bond motifs is 5. The van der Waals surface area contributed by atoms with Gasteiger partial charge in [0.1, 0.15) is 0 Å². The Morgan fingerprint density at radius 3 is 1.33 bits per heavy atom. The maximum absolute atomic E-state index is 5.18. The quantitative estimate of drug-likeness (QED) is 0.172. The average molecular weight is 663 g/mol. The molecule has 10 aromatic rings. The Balaban J connectivity index is 0.974. The first-order chi connectivity index (χ1) is 25.7. The molecule has 0 amide bonds. The van der Waals surface area contributed by atoms with Crippen molar-refractivity contribution in [2.45, 2.75) is 0 Å². The van der Waals surface area contributed by atoms with Crippen LogP contribution < -0.4 is 0 Å². The lowest BCUT2D eigenvalue weighted by Crippen LogP contribution is -1.91. The van der Waals surface area contributed by atoms with Crippen molar-refractivity contribution in [2.75, 3.05) is 0 Å². The van der Waals surface area contributed by atoms with E-state index in [1.807, 2.05) is 36.4 Å². The van der Waals surface area contributed by atoms with Crippen LogP contribution in [0.3, 0.4) is 0 Å². The van der Waals surface area contributed by atoms with Crippen LogP contribution in [-0.2, 0) is 0 Å². The summed E-state index contributed by atoms with van der Waals surface area (Å²) in [7, 11) is 0. The second-order valence-corrected chi connectivity index (χ2v) is 13.1. The summed E-state index contributed by atoms with van der Waals surface area (Å²) < 4.78 is 0. The van der Waals surface area contributed by atoms with Crippen LogP contribution >= 0.6 is 0 Å². The number of pyridine rings is 4. The summed E-state index contributed by atoms with van der Waals surface area (Å²) in [6.07, 6.45) is 0. The highest BCUT2D eigenvalue weighted by atomic mass is 14.8. The van der Waals surface area contributed by atoms with Crippen molar-refractivity contribution in [3.05, 3.63) is 182 Å². The summed E-state index contributed by atoms with van der Waals surface area (Å²) >= 11 is 0. The van der Waals surface area contributed by atoms with E-state index in [1.54, 1.807) is 0 Å². The Bertz CT molecular complexity index is 2960. The molecule has 0 spiro atoms. The zero-order valence-corrected chi connectivity index (χ0v) is 28.1. The van der Waals surface area contributed by atoms with Crippen molar-refractivity contribution in [3.8, 4) is 56.2 Å². The van der Waals surface area contributed by atoms with Crippen LogP contribution in [0.5, 0.6) is 0 Å². The maximum Gasteiger partial charge on any atom is 0.0972 e. The predicted molar refractivity (Wildman–Crippen MR) is 215 cm³/mol. The molecule has 52 heavy (non-hydrogen) atoms. The molecule has 4 heteroatoms. The summed E-state index contributed by atoms with van der Waals surface area (Å²) in [6, 6.07) is 63.3. The smallest absolute Gasteiger partial charge is 0.0972 e. The predicted octanol–water partition coefficient (Wildman–Crippen LogP) is 12.2. The standard InChI is InChI=1S/C48H30N4/c1-3-8-31(9-4-1)41-23-18-33-14-17-37(30-46(33)50-41)36-21-26-44-40(28-36)22-27-43(49-44)38-12-7-13-39(29-38)45-25-20-35-16-15-34-19-24-42(32-10-5-2-6-11-32)51-47(34)48(35)52-45/h1-30H. The van der Waals surface area contributed by atoms with Gasteiger partial charge in [-0.1, -0.05) is 133 Å². The van der Waals surface area contributed by atoms with Gasteiger partial charge in [0.15, 0.2) is 0 Å². The summed E-state index contributed by atoms with van der Waals surface area (Å²) in [6.45, 7) is 0. The number of benzene rings is 6. The molecule has 6 aromatic carbocycles. The molecule has 0 fully saturated rings. The second kappa shape index (κ2) is 12.4. The van der Waals surface area contributed by atoms with Crippen molar-refractivity contribution >= 4 is 43.6 Å². The normalized spacial score (nSPS) is 11.5. The Kier molecular flexibility index (Phi) is 7.10. The van der Waals surface area contributed by atoms with Crippen LogP contribution in [0.4, 0.5) is 0 Å². The molecular weight excluding hydrogens is 633 g/mol. The number of hydrogen-bond donors (Lipinski definition) is 0. The summed E-state index contributed by atoms with van der Waals surface area (Å²) in [5, 5.41) is 4.36. The lowest BCUT2D eigenvalue weighted by atomic mass is 10.00. The Hall–Kier alpha value is -7.04. The minimum absolute atomic E-state index is 0.900. The van der Waals surface area contributed by atoms with Crippen LogP contribution in [0.1, 0.15) is 0 Å². The minimum Gasteiger partial charge on any atom is -0.248 e. The van der Waals surface area contributed by atoms with Gasteiger partial charge in [-0.3, -0.25) is 0 Å². The first kappa shape index (κ1) is 29.8. The van der Waals surface area contributed by atoms with E-state index < -0.39 is 0 Å². The minimum atomic E-state index is 0.900. The topological polar surface area (TPSA) is 51.6 Å². The van der Waals surface area contributed by atoms with Crippen molar-refractivity contribution in [3.63, 3.8) is 0 Å². The summed E-state index contributed by atoms with van der Waals surface area (Å²) in [5.74, 6) is 0. The molecule has 0 N–H and O–H groups in total. The third-order valence-electron chi connectivity index (χ3n) is 9.83. The molecule has 0 unspecified atom stereocenters. The molecule has 0 saturated heterocycles. The van der Waals surface area contributed by atoms with Gasteiger partial charge in [-0.2, -0.15) is 0 Å². The lowest BCUT2D eigenvalue weighted by molar-refractivity contribution is 1.36. The van der Waals surface area contributed by atoms with Gasteiger partial charge in [-0.25, -0.2) is 19.9 Å². The fourth-order valence-corrected chi connectivity index (χ4v) is 7.07. The van der Waals surface area contributed by atoms with Crippen molar-refractivity contribution < 1.29 is 0 Å². The van der Waals surface area contributed by atoms with Gasteiger partial charge < -0.3 is 0 Å². The Labute approximate surface area is 300 Å². The molecule has 4 heterocycles. The first-order valence-electron chi connectivity index (χ1n) is 17.5. The third kappa shape index (κ3) is 5.44. The monoisotopic (exact) mass is 662 g/mol. The van der Waals surface area contributed by atoms with E-state index in [0.29, 0.717) is 0 Å².